The molecule has 1 saturated heterocycles. The SMILES string of the molecule is CC(C)(C)SCCN1C(=O)CSC1c1ccc(Cl)s1. The lowest BCUT2D eigenvalue weighted by Gasteiger charge is -2.25. The third kappa shape index (κ3) is 4.31. The zero-order chi connectivity index (χ0) is 14.0. The van der Waals surface area contributed by atoms with E-state index in [0.717, 1.165) is 16.6 Å². The van der Waals surface area contributed by atoms with E-state index in [1.165, 1.54) is 4.88 Å². The van der Waals surface area contributed by atoms with Crippen LogP contribution < -0.4 is 0 Å². The van der Waals surface area contributed by atoms with Crippen LogP contribution in [0.15, 0.2) is 12.1 Å². The van der Waals surface area contributed by atoms with Crippen molar-refractivity contribution in [1.29, 1.82) is 0 Å². The van der Waals surface area contributed by atoms with Gasteiger partial charge in [0.05, 0.1) is 10.1 Å². The number of carbonyl (C=O) groups is 1. The highest BCUT2D eigenvalue weighted by Gasteiger charge is 2.33. The van der Waals surface area contributed by atoms with Gasteiger partial charge in [0.2, 0.25) is 5.91 Å². The molecule has 2 rings (SSSR count). The number of carbonyl (C=O) groups excluding carboxylic acids is 1. The molecule has 0 N–H and O–H groups in total. The zero-order valence-electron chi connectivity index (χ0n) is 11.3. The summed E-state index contributed by atoms with van der Waals surface area (Å²) >= 11 is 11.2. The molecule has 0 spiro atoms. The fraction of sp³-hybridized carbons (Fsp3) is 0.615. The topological polar surface area (TPSA) is 20.3 Å². The number of hydrogen-bond acceptors (Lipinski definition) is 4. The number of hydrogen-bond donors (Lipinski definition) is 0. The molecular weight excluding hydrogens is 318 g/mol. The lowest BCUT2D eigenvalue weighted by Crippen LogP contribution is -2.30. The quantitative estimate of drug-likeness (QED) is 0.807. The molecule has 1 aliphatic heterocycles. The van der Waals surface area contributed by atoms with Crippen LogP contribution in [-0.4, -0.2) is 33.6 Å². The van der Waals surface area contributed by atoms with Crippen LogP contribution in [0.1, 0.15) is 31.0 Å². The van der Waals surface area contributed by atoms with Gasteiger partial charge in [0.15, 0.2) is 0 Å². The first-order valence-corrected chi connectivity index (χ1v) is 9.40. The average molecular weight is 336 g/mol. The third-order valence-electron chi connectivity index (χ3n) is 2.67. The maximum Gasteiger partial charge on any atom is 0.233 e. The molecule has 1 fully saturated rings. The summed E-state index contributed by atoms with van der Waals surface area (Å²) in [6.07, 6.45) is 0. The second kappa shape index (κ2) is 6.29. The van der Waals surface area contributed by atoms with E-state index in [1.54, 1.807) is 23.1 Å². The van der Waals surface area contributed by atoms with Crippen LogP contribution >= 0.6 is 46.5 Å². The molecule has 1 aromatic rings. The fourth-order valence-corrected chi connectivity index (χ4v) is 5.26. The van der Waals surface area contributed by atoms with Gasteiger partial charge in [-0.2, -0.15) is 11.8 Å². The molecule has 1 amide bonds. The van der Waals surface area contributed by atoms with Gasteiger partial charge in [0.25, 0.3) is 0 Å². The molecule has 2 nitrogen and oxygen atoms in total. The molecule has 0 aromatic carbocycles. The van der Waals surface area contributed by atoms with Crippen molar-refractivity contribution in [3.8, 4) is 0 Å². The summed E-state index contributed by atoms with van der Waals surface area (Å²) in [4.78, 5) is 15.2. The van der Waals surface area contributed by atoms with Crippen LogP contribution in [0, 0.1) is 0 Å². The van der Waals surface area contributed by atoms with E-state index in [1.807, 2.05) is 28.8 Å². The minimum absolute atomic E-state index is 0.158. The summed E-state index contributed by atoms with van der Waals surface area (Å²) < 4.78 is 1.04. The monoisotopic (exact) mass is 335 g/mol. The Morgan fingerprint density at radius 2 is 2.21 bits per heavy atom. The number of thiophene rings is 1. The maximum absolute atomic E-state index is 12.0. The summed E-state index contributed by atoms with van der Waals surface area (Å²) in [5.41, 5.74) is 0. The predicted octanol–water partition coefficient (Wildman–Crippen LogP) is 4.51. The summed E-state index contributed by atoms with van der Waals surface area (Å²) in [6.45, 7) is 7.42. The van der Waals surface area contributed by atoms with Gasteiger partial charge in [-0.1, -0.05) is 32.4 Å². The number of rotatable bonds is 4. The molecule has 106 valence electrons. The van der Waals surface area contributed by atoms with Gasteiger partial charge in [-0.15, -0.1) is 23.1 Å². The molecule has 0 aliphatic carbocycles. The van der Waals surface area contributed by atoms with Gasteiger partial charge in [0.1, 0.15) is 5.37 Å². The van der Waals surface area contributed by atoms with Crippen LogP contribution in [0.4, 0.5) is 0 Å². The van der Waals surface area contributed by atoms with Crippen LogP contribution in [0.5, 0.6) is 0 Å². The lowest BCUT2D eigenvalue weighted by atomic mass is 10.3. The van der Waals surface area contributed by atoms with E-state index in [4.69, 9.17) is 11.6 Å². The Morgan fingerprint density at radius 3 is 2.79 bits per heavy atom. The van der Waals surface area contributed by atoms with Gasteiger partial charge in [-0.25, -0.2) is 0 Å². The first-order valence-electron chi connectivity index (χ1n) is 6.17. The Hall–Kier alpha value is 0.160. The lowest BCUT2D eigenvalue weighted by molar-refractivity contribution is -0.127. The third-order valence-corrected chi connectivity index (χ3v) is 6.60. The van der Waals surface area contributed by atoms with Crippen LogP contribution in [-0.2, 0) is 4.79 Å². The Morgan fingerprint density at radius 1 is 1.47 bits per heavy atom. The van der Waals surface area contributed by atoms with Crippen LogP contribution in [0.2, 0.25) is 4.34 Å². The molecular formula is C13H18ClNOS3. The van der Waals surface area contributed by atoms with Crippen molar-refractivity contribution < 1.29 is 4.79 Å². The van der Waals surface area contributed by atoms with Gasteiger partial charge < -0.3 is 4.90 Å². The number of thioether (sulfide) groups is 2. The fourth-order valence-electron chi connectivity index (χ4n) is 1.84. The molecule has 1 atom stereocenters. The molecule has 1 unspecified atom stereocenters. The molecule has 1 aromatic heterocycles. The molecule has 19 heavy (non-hydrogen) atoms. The molecule has 6 heteroatoms. The summed E-state index contributed by atoms with van der Waals surface area (Å²) in [5, 5.41) is 0.158. The van der Waals surface area contributed by atoms with Crippen molar-refractivity contribution in [3.63, 3.8) is 0 Å². The minimum atomic E-state index is 0.158. The van der Waals surface area contributed by atoms with Gasteiger partial charge in [-0.05, 0) is 12.1 Å². The minimum Gasteiger partial charge on any atom is -0.324 e. The smallest absolute Gasteiger partial charge is 0.233 e. The normalized spacial score (nSPS) is 20.3. The largest absolute Gasteiger partial charge is 0.324 e. The van der Waals surface area contributed by atoms with Crippen molar-refractivity contribution in [3.05, 3.63) is 21.3 Å². The second-order valence-electron chi connectivity index (χ2n) is 5.35. The molecule has 1 aliphatic rings. The summed E-state index contributed by atoms with van der Waals surface area (Å²) in [7, 11) is 0. The average Bonchev–Trinajstić information content (AvgIpc) is 2.85. The van der Waals surface area contributed by atoms with Gasteiger partial charge in [-0.3, -0.25) is 4.79 Å². The van der Waals surface area contributed by atoms with Crippen molar-refractivity contribution >= 4 is 52.4 Å². The van der Waals surface area contributed by atoms with E-state index in [9.17, 15) is 4.79 Å². The van der Waals surface area contributed by atoms with Gasteiger partial charge in [0, 0.05) is 21.9 Å². The summed E-state index contributed by atoms with van der Waals surface area (Å²) in [6, 6.07) is 3.94. The van der Waals surface area contributed by atoms with Crippen molar-refractivity contribution in [1.82, 2.24) is 4.90 Å². The molecule has 0 bridgehead atoms. The Labute approximate surface area is 132 Å². The van der Waals surface area contributed by atoms with Crippen molar-refractivity contribution in [2.45, 2.75) is 30.9 Å². The number of nitrogens with zero attached hydrogens (tertiary/aromatic N) is 1. The Kier molecular flexibility index (Phi) is 5.15. The van der Waals surface area contributed by atoms with E-state index >= 15 is 0 Å². The van der Waals surface area contributed by atoms with Gasteiger partial charge >= 0.3 is 0 Å². The first-order chi connectivity index (χ1) is 8.87. The van der Waals surface area contributed by atoms with E-state index in [-0.39, 0.29) is 16.0 Å². The van der Waals surface area contributed by atoms with E-state index < -0.39 is 0 Å². The van der Waals surface area contributed by atoms with Crippen LogP contribution in [0.25, 0.3) is 0 Å². The van der Waals surface area contributed by atoms with E-state index in [2.05, 4.69) is 20.8 Å². The highest BCUT2D eigenvalue weighted by Crippen LogP contribution is 2.42. The first kappa shape index (κ1) is 15.5. The Bertz CT molecular complexity index is 455. The molecule has 2 heterocycles. The second-order valence-corrected chi connectivity index (χ2v) is 10.1. The molecule has 0 saturated carbocycles. The van der Waals surface area contributed by atoms with E-state index in [0.29, 0.717) is 5.75 Å². The highest BCUT2D eigenvalue weighted by atomic mass is 35.5. The Balaban J connectivity index is 1.98. The predicted molar refractivity (Wildman–Crippen MR) is 88.5 cm³/mol. The van der Waals surface area contributed by atoms with Crippen molar-refractivity contribution in [2.24, 2.45) is 0 Å². The van der Waals surface area contributed by atoms with Crippen LogP contribution in [0.3, 0.4) is 0 Å². The zero-order valence-corrected chi connectivity index (χ0v) is 14.5. The number of halogens is 1. The summed E-state index contributed by atoms with van der Waals surface area (Å²) in [5.74, 6) is 1.81. The standard InChI is InChI=1S/C13H18ClNOS3/c1-13(2,3)18-7-6-15-11(16)8-17-12(15)9-4-5-10(14)19-9/h4-5,12H,6-8H2,1-3H3. The maximum atomic E-state index is 12.0. The van der Waals surface area contributed by atoms with Crippen molar-refractivity contribution in [2.75, 3.05) is 18.1 Å². The highest BCUT2D eigenvalue weighted by molar-refractivity contribution is 8.01. The number of amides is 1. The molecule has 0 radical (unpaired) electrons.